The average molecular weight is 564 g/mol. The lowest BCUT2D eigenvalue weighted by atomic mass is 10.0. The van der Waals surface area contributed by atoms with Crippen molar-refractivity contribution < 1.29 is 13.9 Å². The number of carbonyl (C=O) groups is 1. The predicted molar refractivity (Wildman–Crippen MR) is 161 cm³/mol. The molecule has 0 unspecified atom stereocenters. The van der Waals surface area contributed by atoms with Gasteiger partial charge in [0.2, 0.25) is 0 Å². The van der Waals surface area contributed by atoms with Crippen LogP contribution >= 0.6 is 12.2 Å². The first-order valence-corrected chi connectivity index (χ1v) is 13.5. The van der Waals surface area contributed by atoms with Gasteiger partial charge in [0.1, 0.15) is 17.6 Å². The van der Waals surface area contributed by atoms with E-state index in [0.717, 1.165) is 22.8 Å². The topological polar surface area (TPSA) is 71.4 Å². The summed E-state index contributed by atoms with van der Waals surface area (Å²) in [5.74, 6) is 0.0788. The Morgan fingerprint density at radius 2 is 1.63 bits per heavy atom. The van der Waals surface area contributed by atoms with Crippen LogP contribution in [0.5, 0.6) is 5.75 Å². The Balaban J connectivity index is 1.28. The molecular formula is C32H26FN5O2S. The van der Waals surface area contributed by atoms with Crippen LogP contribution in [0.1, 0.15) is 23.5 Å². The molecule has 1 amide bonds. The summed E-state index contributed by atoms with van der Waals surface area (Å²) in [5.41, 5.74) is 4.11. The van der Waals surface area contributed by atoms with Crippen molar-refractivity contribution in [2.75, 3.05) is 16.8 Å². The number of halogens is 1. The normalized spacial score (nSPS) is 16.3. The third-order valence-electron chi connectivity index (χ3n) is 6.83. The van der Waals surface area contributed by atoms with Crippen LogP contribution in [0.25, 0.3) is 5.69 Å². The van der Waals surface area contributed by atoms with Crippen LogP contribution in [0.4, 0.5) is 15.8 Å². The van der Waals surface area contributed by atoms with Crippen molar-refractivity contribution in [1.82, 2.24) is 14.9 Å². The van der Waals surface area contributed by atoms with E-state index in [0.29, 0.717) is 16.5 Å². The molecule has 6 rings (SSSR count). The molecule has 0 aliphatic carbocycles. The zero-order valence-electron chi connectivity index (χ0n) is 21.9. The number of pyridine rings is 1. The molecule has 0 saturated carbocycles. The molecule has 1 saturated heterocycles. The van der Waals surface area contributed by atoms with Crippen molar-refractivity contribution in [1.29, 1.82) is 0 Å². The SMILES string of the molecule is O=C(COc1ccccc1)Nc1ccc(N2C(=S)N[C@H](c3ccccn3)[C@@H]2c2cccn2-c2ccc(F)cc2)cc1. The molecule has 0 spiro atoms. The van der Waals surface area contributed by atoms with Crippen LogP contribution in [0.15, 0.2) is 122 Å². The summed E-state index contributed by atoms with van der Waals surface area (Å²) in [5, 5.41) is 6.88. The molecule has 1 aliphatic heterocycles. The van der Waals surface area contributed by atoms with E-state index in [-0.39, 0.29) is 30.4 Å². The van der Waals surface area contributed by atoms with E-state index in [1.54, 1.807) is 30.5 Å². The molecule has 1 aliphatic rings. The first-order valence-electron chi connectivity index (χ1n) is 13.1. The minimum Gasteiger partial charge on any atom is -0.484 e. The number of hydrogen-bond acceptors (Lipinski definition) is 4. The fourth-order valence-corrected chi connectivity index (χ4v) is 5.32. The number of anilines is 2. The van der Waals surface area contributed by atoms with Gasteiger partial charge < -0.3 is 24.8 Å². The Morgan fingerprint density at radius 1 is 0.902 bits per heavy atom. The monoisotopic (exact) mass is 563 g/mol. The number of carbonyl (C=O) groups excluding carboxylic acids is 1. The standard InChI is InChI=1S/C32H26FN5O2S/c33-22-11-15-24(16-12-22)37-20-6-10-28(37)31-30(27-9-4-5-19-34-27)36-32(41)38(31)25-17-13-23(14-18-25)35-29(39)21-40-26-7-2-1-3-8-26/h1-20,30-31H,21H2,(H,35,39)(H,36,41)/t30-,31+/m1/s1. The number of para-hydroxylation sites is 1. The highest BCUT2D eigenvalue weighted by Gasteiger charge is 2.42. The molecule has 41 heavy (non-hydrogen) atoms. The Kier molecular flexibility index (Phi) is 7.42. The van der Waals surface area contributed by atoms with E-state index in [1.807, 2.05) is 88.5 Å². The largest absolute Gasteiger partial charge is 0.484 e. The Hall–Kier alpha value is -5.02. The van der Waals surface area contributed by atoms with Gasteiger partial charge in [0.05, 0.1) is 11.7 Å². The third kappa shape index (κ3) is 5.66. The first-order chi connectivity index (χ1) is 20.1. The number of benzene rings is 3. The molecule has 2 aromatic heterocycles. The van der Waals surface area contributed by atoms with Crippen LogP contribution in [0, 0.1) is 5.82 Å². The fourth-order valence-electron chi connectivity index (χ4n) is 4.97. The molecule has 7 nitrogen and oxygen atoms in total. The van der Waals surface area contributed by atoms with Crippen LogP contribution < -0.4 is 20.3 Å². The number of aromatic nitrogens is 2. The number of ether oxygens (including phenoxy) is 1. The second-order valence-corrected chi connectivity index (χ2v) is 9.86. The van der Waals surface area contributed by atoms with Crippen molar-refractivity contribution in [3.05, 3.63) is 139 Å². The molecule has 204 valence electrons. The van der Waals surface area contributed by atoms with Crippen LogP contribution in [-0.2, 0) is 4.79 Å². The number of nitrogens with zero attached hydrogens (tertiary/aromatic N) is 3. The van der Waals surface area contributed by atoms with Gasteiger partial charge in [-0.05, 0) is 97.1 Å². The molecule has 3 aromatic carbocycles. The van der Waals surface area contributed by atoms with E-state index >= 15 is 0 Å². The van der Waals surface area contributed by atoms with Gasteiger partial charge in [-0.2, -0.15) is 0 Å². The summed E-state index contributed by atoms with van der Waals surface area (Å²) in [7, 11) is 0. The molecule has 9 heteroatoms. The summed E-state index contributed by atoms with van der Waals surface area (Å²) in [6.45, 7) is -0.0971. The lowest BCUT2D eigenvalue weighted by Gasteiger charge is -2.29. The minimum atomic E-state index is -0.294. The van der Waals surface area contributed by atoms with Crippen LogP contribution in [0.2, 0.25) is 0 Å². The summed E-state index contributed by atoms with van der Waals surface area (Å²) in [6.07, 6.45) is 3.71. The van der Waals surface area contributed by atoms with Gasteiger partial charge >= 0.3 is 0 Å². The molecule has 2 N–H and O–H groups in total. The van der Waals surface area contributed by atoms with E-state index in [2.05, 4.69) is 15.6 Å². The Morgan fingerprint density at radius 3 is 2.37 bits per heavy atom. The average Bonchev–Trinajstić information content (AvgIpc) is 3.62. The number of rotatable bonds is 8. The molecular weight excluding hydrogens is 537 g/mol. The molecule has 0 radical (unpaired) electrons. The predicted octanol–water partition coefficient (Wildman–Crippen LogP) is 6.21. The van der Waals surface area contributed by atoms with Gasteiger partial charge in [-0.3, -0.25) is 9.78 Å². The van der Waals surface area contributed by atoms with Gasteiger partial charge in [0, 0.05) is 35.1 Å². The number of nitrogens with one attached hydrogen (secondary N) is 2. The second-order valence-electron chi connectivity index (χ2n) is 9.47. The van der Waals surface area contributed by atoms with Crippen molar-refractivity contribution in [3.63, 3.8) is 0 Å². The first kappa shape index (κ1) is 26.2. The third-order valence-corrected chi connectivity index (χ3v) is 7.14. The lowest BCUT2D eigenvalue weighted by molar-refractivity contribution is -0.118. The van der Waals surface area contributed by atoms with E-state index in [4.69, 9.17) is 17.0 Å². The fraction of sp³-hybridized carbons (Fsp3) is 0.0938. The maximum atomic E-state index is 13.7. The smallest absolute Gasteiger partial charge is 0.262 e. The highest BCUT2D eigenvalue weighted by atomic mass is 32.1. The van der Waals surface area contributed by atoms with Crippen LogP contribution in [-0.4, -0.2) is 27.2 Å². The molecule has 0 bridgehead atoms. The van der Waals surface area contributed by atoms with Crippen LogP contribution in [0.3, 0.4) is 0 Å². The molecule has 2 atom stereocenters. The number of thiocarbonyl (C=S) groups is 1. The second kappa shape index (κ2) is 11.6. The van der Waals surface area contributed by atoms with Gasteiger partial charge in [0.15, 0.2) is 11.7 Å². The quantitative estimate of drug-likeness (QED) is 0.219. The van der Waals surface area contributed by atoms with E-state index in [1.165, 1.54) is 12.1 Å². The maximum Gasteiger partial charge on any atom is 0.262 e. The van der Waals surface area contributed by atoms with Crippen molar-refractivity contribution in [2.24, 2.45) is 0 Å². The van der Waals surface area contributed by atoms with E-state index < -0.39 is 0 Å². The molecule has 3 heterocycles. The minimum absolute atomic E-state index is 0.0971. The Labute approximate surface area is 242 Å². The van der Waals surface area contributed by atoms with Gasteiger partial charge in [0.25, 0.3) is 5.91 Å². The van der Waals surface area contributed by atoms with E-state index in [9.17, 15) is 9.18 Å². The highest BCUT2D eigenvalue weighted by molar-refractivity contribution is 7.80. The van der Waals surface area contributed by atoms with Crippen molar-refractivity contribution in [3.8, 4) is 11.4 Å². The summed E-state index contributed by atoms with van der Waals surface area (Å²) >= 11 is 5.85. The zero-order valence-corrected chi connectivity index (χ0v) is 22.7. The van der Waals surface area contributed by atoms with Gasteiger partial charge in [-0.25, -0.2) is 4.39 Å². The van der Waals surface area contributed by atoms with Gasteiger partial charge in [-0.15, -0.1) is 0 Å². The molecule has 1 fully saturated rings. The lowest BCUT2D eigenvalue weighted by Crippen LogP contribution is -2.30. The van der Waals surface area contributed by atoms with Gasteiger partial charge in [-0.1, -0.05) is 24.3 Å². The van der Waals surface area contributed by atoms with Crippen molar-refractivity contribution in [2.45, 2.75) is 12.1 Å². The molecule has 5 aromatic rings. The number of amides is 1. The Bertz CT molecular complexity index is 1640. The summed E-state index contributed by atoms with van der Waals surface area (Å²) in [6, 6.07) is 32.4. The highest BCUT2D eigenvalue weighted by Crippen LogP contribution is 2.42. The van der Waals surface area contributed by atoms with Crippen molar-refractivity contribution >= 4 is 34.6 Å². The maximum absolute atomic E-state index is 13.7. The summed E-state index contributed by atoms with van der Waals surface area (Å²) in [4.78, 5) is 19.1. The zero-order chi connectivity index (χ0) is 28.2. The summed E-state index contributed by atoms with van der Waals surface area (Å²) < 4.78 is 21.3. The number of hydrogen-bond donors (Lipinski definition) is 2.